The lowest BCUT2D eigenvalue weighted by molar-refractivity contribution is 0.0173. The second-order valence-corrected chi connectivity index (χ2v) is 7.12. The van der Waals surface area contributed by atoms with Gasteiger partial charge in [-0.2, -0.15) is 5.10 Å². The molecule has 1 fully saturated rings. The highest BCUT2D eigenvalue weighted by atomic mass is 32.2. The molecule has 1 saturated heterocycles. The smallest absolute Gasteiger partial charge is 0.244 e. The Bertz CT molecular complexity index is 597. The van der Waals surface area contributed by atoms with Gasteiger partial charge < -0.3 is 9.84 Å². The van der Waals surface area contributed by atoms with E-state index in [-0.39, 0.29) is 30.2 Å². The Labute approximate surface area is 125 Å². The lowest BCUT2D eigenvalue weighted by Gasteiger charge is -2.27. The average Bonchev–Trinajstić information content (AvgIpc) is 2.64. The number of rotatable bonds is 5. The maximum Gasteiger partial charge on any atom is 0.244 e. The van der Waals surface area contributed by atoms with E-state index in [1.54, 1.807) is 13.8 Å². The number of aromatic nitrogens is 2. The van der Waals surface area contributed by atoms with Gasteiger partial charge in [-0.05, 0) is 33.6 Å². The molecule has 2 heterocycles. The Hall–Kier alpha value is -0.960. The standard InChI is InChI=1S/C13H23N3O4S/c1-9-8-12(4-7-20-9)15-21(18,19)13-10(2)14-16(5-6-17)11(13)3/h9,12,15,17H,4-8H2,1-3H3. The minimum Gasteiger partial charge on any atom is -0.394 e. The lowest BCUT2D eigenvalue weighted by atomic mass is 10.1. The summed E-state index contributed by atoms with van der Waals surface area (Å²) in [5.74, 6) is 0. The summed E-state index contributed by atoms with van der Waals surface area (Å²) in [7, 11) is -3.61. The maximum absolute atomic E-state index is 12.6. The molecule has 0 aliphatic carbocycles. The first-order chi connectivity index (χ1) is 9.85. The number of nitrogens with one attached hydrogen (secondary N) is 1. The van der Waals surface area contributed by atoms with Crippen LogP contribution in [0.3, 0.4) is 0 Å². The van der Waals surface area contributed by atoms with Crippen molar-refractivity contribution < 1.29 is 18.3 Å². The topological polar surface area (TPSA) is 93.5 Å². The van der Waals surface area contributed by atoms with Crippen LogP contribution in [0, 0.1) is 13.8 Å². The van der Waals surface area contributed by atoms with Crippen molar-refractivity contribution in [2.24, 2.45) is 0 Å². The van der Waals surface area contributed by atoms with Crippen molar-refractivity contribution in [1.82, 2.24) is 14.5 Å². The van der Waals surface area contributed by atoms with E-state index in [2.05, 4.69) is 9.82 Å². The molecule has 7 nitrogen and oxygen atoms in total. The molecule has 2 atom stereocenters. The molecule has 120 valence electrons. The summed E-state index contributed by atoms with van der Waals surface area (Å²) in [6.07, 6.45) is 1.40. The van der Waals surface area contributed by atoms with Gasteiger partial charge in [0.25, 0.3) is 0 Å². The Morgan fingerprint density at radius 3 is 2.81 bits per heavy atom. The number of aliphatic hydroxyl groups excluding tert-OH is 1. The summed E-state index contributed by atoms with van der Waals surface area (Å²) < 4.78 is 34.9. The summed E-state index contributed by atoms with van der Waals surface area (Å²) in [6, 6.07) is -0.112. The molecule has 0 aromatic carbocycles. The molecule has 0 amide bonds. The molecular weight excluding hydrogens is 294 g/mol. The monoisotopic (exact) mass is 317 g/mol. The number of aryl methyl sites for hydroxylation is 1. The lowest BCUT2D eigenvalue weighted by Crippen LogP contribution is -2.41. The molecule has 8 heteroatoms. The zero-order valence-electron chi connectivity index (χ0n) is 12.7. The summed E-state index contributed by atoms with van der Waals surface area (Å²) in [4.78, 5) is 0.218. The highest BCUT2D eigenvalue weighted by Gasteiger charge is 2.29. The van der Waals surface area contributed by atoms with Crippen LogP contribution in [0.2, 0.25) is 0 Å². The Kier molecular flexibility index (Phi) is 5.03. The first kappa shape index (κ1) is 16.4. The molecule has 2 N–H and O–H groups in total. The number of aliphatic hydroxyl groups is 1. The van der Waals surface area contributed by atoms with Crippen molar-refractivity contribution >= 4 is 10.0 Å². The molecule has 1 aliphatic heterocycles. The van der Waals surface area contributed by atoms with Gasteiger partial charge in [0, 0.05) is 12.6 Å². The molecular formula is C13H23N3O4S. The van der Waals surface area contributed by atoms with Crippen molar-refractivity contribution in [1.29, 1.82) is 0 Å². The van der Waals surface area contributed by atoms with Crippen molar-refractivity contribution in [2.45, 2.75) is 57.2 Å². The van der Waals surface area contributed by atoms with Crippen LogP contribution in [-0.2, 0) is 21.3 Å². The largest absolute Gasteiger partial charge is 0.394 e. The predicted molar refractivity (Wildman–Crippen MR) is 77.5 cm³/mol. The first-order valence-corrected chi connectivity index (χ1v) is 8.62. The first-order valence-electron chi connectivity index (χ1n) is 7.14. The van der Waals surface area contributed by atoms with Crippen LogP contribution < -0.4 is 4.72 Å². The summed E-state index contributed by atoms with van der Waals surface area (Å²) in [5, 5.41) is 13.2. The van der Waals surface area contributed by atoms with E-state index in [1.807, 2.05) is 6.92 Å². The van der Waals surface area contributed by atoms with Crippen molar-refractivity contribution in [3.8, 4) is 0 Å². The molecule has 1 aromatic heterocycles. The third kappa shape index (κ3) is 3.63. The normalized spacial score (nSPS) is 23.4. The number of ether oxygens (including phenoxy) is 1. The van der Waals surface area contributed by atoms with Gasteiger partial charge in [0.05, 0.1) is 30.6 Å². The van der Waals surface area contributed by atoms with Crippen LogP contribution in [-0.4, -0.2) is 48.7 Å². The summed E-state index contributed by atoms with van der Waals surface area (Å²) in [5.41, 5.74) is 1.00. The van der Waals surface area contributed by atoms with E-state index < -0.39 is 10.0 Å². The zero-order chi connectivity index (χ0) is 15.6. The van der Waals surface area contributed by atoms with E-state index in [4.69, 9.17) is 9.84 Å². The third-order valence-corrected chi connectivity index (χ3v) is 5.47. The van der Waals surface area contributed by atoms with E-state index in [9.17, 15) is 8.42 Å². The third-order valence-electron chi connectivity index (χ3n) is 3.70. The maximum atomic E-state index is 12.6. The zero-order valence-corrected chi connectivity index (χ0v) is 13.5. The second kappa shape index (κ2) is 6.43. The highest BCUT2D eigenvalue weighted by molar-refractivity contribution is 7.89. The van der Waals surface area contributed by atoms with E-state index in [1.165, 1.54) is 4.68 Å². The van der Waals surface area contributed by atoms with Crippen LogP contribution in [0.25, 0.3) is 0 Å². The molecule has 2 unspecified atom stereocenters. The van der Waals surface area contributed by atoms with Gasteiger partial charge in [-0.3, -0.25) is 4.68 Å². The van der Waals surface area contributed by atoms with Crippen molar-refractivity contribution in [3.63, 3.8) is 0 Å². The Morgan fingerprint density at radius 1 is 1.48 bits per heavy atom. The van der Waals surface area contributed by atoms with Crippen molar-refractivity contribution in [3.05, 3.63) is 11.4 Å². The van der Waals surface area contributed by atoms with Gasteiger partial charge in [-0.25, -0.2) is 13.1 Å². The number of sulfonamides is 1. The highest BCUT2D eigenvalue weighted by Crippen LogP contribution is 2.22. The Morgan fingerprint density at radius 2 is 2.19 bits per heavy atom. The SMILES string of the molecule is Cc1nn(CCO)c(C)c1S(=O)(=O)NC1CCOC(C)C1. The van der Waals surface area contributed by atoms with Gasteiger partial charge in [-0.15, -0.1) is 0 Å². The van der Waals surface area contributed by atoms with Crippen LogP contribution in [0.4, 0.5) is 0 Å². The fourth-order valence-electron chi connectivity index (χ4n) is 2.77. The minimum atomic E-state index is -3.61. The molecule has 1 aliphatic rings. The molecule has 1 aromatic rings. The van der Waals surface area contributed by atoms with E-state index >= 15 is 0 Å². The van der Waals surface area contributed by atoms with E-state index in [0.717, 1.165) is 0 Å². The van der Waals surface area contributed by atoms with Crippen LogP contribution in [0.15, 0.2) is 4.90 Å². The molecule has 21 heavy (non-hydrogen) atoms. The predicted octanol–water partition coefficient (Wildman–Crippen LogP) is 0.338. The van der Waals surface area contributed by atoms with Gasteiger partial charge in [-0.1, -0.05) is 0 Å². The number of nitrogens with zero attached hydrogens (tertiary/aromatic N) is 2. The molecule has 0 saturated carbocycles. The molecule has 0 bridgehead atoms. The Balaban J connectivity index is 2.23. The van der Waals surface area contributed by atoms with Gasteiger partial charge >= 0.3 is 0 Å². The second-order valence-electron chi connectivity index (χ2n) is 5.47. The van der Waals surface area contributed by atoms with Crippen LogP contribution in [0.5, 0.6) is 0 Å². The number of hydrogen-bond acceptors (Lipinski definition) is 5. The minimum absolute atomic E-state index is 0.0609. The quantitative estimate of drug-likeness (QED) is 0.817. The number of hydrogen-bond donors (Lipinski definition) is 2. The van der Waals surface area contributed by atoms with Gasteiger partial charge in [0.2, 0.25) is 10.0 Å². The molecule has 0 spiro atoms. The van der Waals surface area contributed by atoms with Gasteiger partial charge in [0.1, 0.15) is 4.90 Å². The van der Waals surface area contributed by atoms with Crippen LogP contribution in [0.1, 0.15) is 31.2 Å². The van der Waals surface area contributed by atoms with Crippen LogP contribution >= 0.6 is 0 Å². The summed E-state index contributed by atoms with van der Waals surface area (Å²) >= 11 is 0. The fourth-order valence-corrected chi connectivity index (χ4v) is 4.46. The van der Waals surface area contributed by atoms with Crippen molar-refractivity contribution in [2.75, 3.05) is 13.2 Å². The molecule has 2 rings (SSSR count). The van der Waals surface area contributed by atoms with E-state index in [0.29, 0.717) is 30.8 Å². The van der Waals surface area contributed by atoms with Gasteiger partial charge in [0.15, 0.2) is 0 Å². The summed E-state index contributed by atoms with van der Waals surface area (Å²) in [6.45, 7) is 6.09. The fraction of sp³-hybridized carbons (Fsp3) is 0.769. The molecule has 0 radical (unpaired) electrons. The average molecular weight is 317 g/mol.